The summed E-state index contributed by atoms with van der Waals surface area (Å²) in [7, 11) is 1.46. The number of halogens is 3. The largest absolute Gasteiger partial charge is 0.497 e. The zero-order valence-corrected chi connectivity index (χ0v) is 18.6. The number of pyridine rings is 1. The van der Waals surface area contributed by atoms with E-state index in [1.807, 2.05) is 0 Å². The molecule has 3 N–H and O–H groups in total. The number of hydrogen-bond donors (Lipinski definition) is 2. The Morgan fingerprint density at radius 1 is 1.17 bits per heavy atom. The molecule has 0 saturated carbocycles. The van der Waals surface area contributed by atoms with Crippen LogP contribution in [0.1, 0.15) is 22.4 Å². The van der Waals surface area contributed by atoms with Gasteiger partial charge >= 0.3 is 12.1 Å². The van der Waals surface area contributed by atoms with Crippen LogP contribution < -0.4 is 15.2 Å². The Kier molecular flexibility index (Phi) is 6.65. The molecule has 2 heterocycles. The van der Waals surface area contributed by atoms with Gasteiger partial charge in [-0.1, -0.05) is 6.07 Å². The highest BCUT2D eigenvalue weighted by atomic mass is 19.4. The average molecular weight is 486 g/mol. The summed E-state index contributed by atoms with van der Waals surface area (Å²) in [5.74, 6) is -0.345. The highest BCUT2D eigenvalue weighted by Crippen LogP contribution is 2.40. The maximum Gasteiger partial charge on any atom is 0.420 e. The van der Waals surface area contributed by atoms with Crippen LogP contribution in [0.3, 0.4) is 0 Å². The molecule has 35 heavy (non-hydrogen) atoms. The fraction of sp³-hybridized carbons (Fsp3) is 0.200. The molecule has 4 rings (SSSR count). The number of aromatic nitrogens is 1. The Hall–Kier alpha value is -4.05. The van der Waals surface area contributed by atoms with Crippen molar-refractivity contribution in [3.05, 3.63) is 77.3 Å². The van der Waals surface area contributed by atoms with Gasteiger partial charge in [0.05, 0.1) is 19.2 Å². The van der Waals surface area contributed by atoms with E-state index in [4.69, 9.17) is 19.6 Å². The molecule has 0 saturated heterocycles. The van der Waals surface area contributed by atoms with E-state index in [0.29, 0.717) is 40.0 Å². The summed E-state index contributed by atoms with van der Waals surface area (Å²) in [5, 5.41) is 9.08. The van der Waals surface area contributed by atoms with Gasteiger partial charge in [0, 0.05) is 35.3 Å². The van der Waals surface area contributed by atoms with E-state index >= 15 is 0 Å². The number of benzene rings is 2. The van der Waals surface area contributed by atoms with Crippen molar-refractivity contribution in [2.45, 2.75) is 25.7 Å². The van der Waals surface area contributed by atoms with E-state index in [1.54, 1.807) is 30.3 Å². The number of alkyl halides is 3. The van der Waals surface area contributed by atoms with Gasteiger partial charge in [-0.2, -0.15) is 13.2 Å². The van der Waals surface area contributed by atoms with Crippen LogP contribution in [0.5, 0.6) is 11.5 Å². The van der Waals surface area contributed by atoms with Crippen molar-refractivity contribution in [1.82, 2.24) is 4.98 Å². The van der Waals surface area contributed by atoms with Gasteiger partial charge in [0.25, 0.3) is 0 Å². The summed E-state index contributed by atoms with van der Waals surface area (Å²) in [6.45, 7) is 0.0357. The van der Waals surface area contributed by atoms with Gasteiger partial charge in [0.2, 0.25) is 0 Å². The van der Waals surface area contributed by atoms with Crippen LogP contribution in [0.25, 0.3) is 22.1 Å². The Labute approximate surface area is 197 Å². The second kappa shape index (κ2) is 9.67. The van der Waals surface area contributed by atoms with Gasteiger partial charge in [-0.05, 0) is 41.5 Å². The summed E-state index contributed by atoms with van der Waals surface area (Å²) in [4.78, 5) is 15.4. The fourth-order valence-electron chi connectivity index (χ4n) is 3.74. The number of methoxy groups -OCH3 is 1. The van der Waals surface area contributed by atoms with Gasteiger partial charge in [0.1, 0.15) is 35.5 Å². The van der Waals surface area contributed by atoms with Crippen molar-refractivity contribution >= 4 is 16.9 Å². The van der Waals surface area contributed by atoms with Crippen LogP contribution in [0.15, 0.2) is 59.3 Å². The zero-order chi connectivity index (χ0) is 25.2. The third-order valence-electron chi connectivity index (χ3n) is 5.39. The maximum absolute atomic E-state index is 13.7. The first-order chi connectivity index (χ1) is 16.7. The van der Waals surface area contributed by atoms with Crippen LogP contribution in [-0.2, 0) is 30.5 Å². The van der Waals surface area contributed by atoms with Crippen molar-refractivity contribution < 1.29 is 37.0 Å². The summed E-state index contributed by atoms with van der Waals surface area (Å²) in [5.41, 5.74) is 7.25. The summed E-state index contributed by atoms with van der Waals surface area (Å²) in [6.07, 6.45) is -2.70. The zero-order valence-electron chi connectivity index (χ0n) is 18.6. The minimum atomic E-state index is -4.62. The predicted octanol–water partition coefficient (Wildman–Crippen LogP) is 5.19. The third kappa shape index (κ3) is 5.22. The number of nitrogens with zero attached hydrogens (tertiary/aromatic N) is 1. The fourth-order valence-corrected chi connectivity index (χ4v) is 3.74. The van der Waals surface area contributed by atoms with Crippen molar-refractivity contribution in [3.8, 4) is 22.6 Å². The van der Waals surface area contributed by atoms with Crippen LogP contribution in [0.2, 0.25) is 0 Å². The highest BCUT2D eigenvalue weighted by Gasteiger charge is 2.35. The number of carboxylic acids is 1. The summed E-state index contributed by atoms with van der Waals surface area (Å²) < 4.78 is 57.4. The number of aliphatic carboxylic acids is 1. The van der Waals surface area contributed by atoms with E-state index in [2.05, 4.69) is 4.98 Å². The van der Waals surface area contributed by atoms with E-state index < -0.39 is 17.7 Å². The first-order valence-corrected chi connectivity index (χ1v) is 10.5. The first kappa shape index (κ1) is 24.1. The summed E-state index contributed by atoms with van der Waals surface area (Å²) in [6, 6.07) is 11.1. The van der Waals surface area contributed by atoms with Crippen molar-refractivity contribution in [3.63, 3.8) is 0 Å². The third-order valence-corrected chi connectivity index (χ3v) is 5.39. The molecular weight excluding hydrogens is 465 g/mol. The molecule has 0 aliphatic rings. The lowest BCUT2D eigenvalue weighted by atomic mass is 9.99. The number of ether oxygens (including phenoxy) is 2. The van der Waals surface area contributed by atoms with Gasteiger partial charge in [-0.25, -0.2) is 0 Å². The smallest absolute Gasteiger partial charge is 0.420 e. The molecule has 10 heteroatoms. The molecule has 0 aliphatic heterocycles. The topological polar surface area (TPSA) is 108 Å². The number of furan rings is 1. The van der Waals surface area contributed by atoms with Crippen LogP contribution in [-0.4, -0.2) is 23.2 Å². The molecule has 0 amide bonds. The van der Waals surface area contributed by atoms with E-state index in [0.717, 1.165) is 0 Å². The highest BCUT2D eigenvalue weighted by molar-refractivity contribution is 5.95. The predicted molar refractivity (Wildman–Crippen MR) is 121 cm³/mol. The quantitative estimate of drug-likeness (QED) is 0.353. The molecule has 7 nitrogen and oxygen atoms in total. The minimum Gasteiger partial charge on any atom is -0.497 e. The van der Waals surface area contributed by atoms with Crippen LogP contribution >= 0.6 is 0 Å². The number of carboxylic acid groups (broad SMARTS) is 1. The molecule has 0 atom stereocenters. The van der Waals surface area contributed by atoms with Gasteiger partial charge < -0.3 is 24.7 Å². The molecule has 0 fully saturated rings. The molecule has 0 unspecified atom stereocenters. The van der Waals surface area contributed by atoms with Gasteiger partial charge in [-0.15, -0.1) is 0 Å². The molecule has 2 aromatic carbocycles. The molecule has 0 spiro atoms. The molecule has 0 bridgehead atoms. The second-order valence-electron chi connectivity index (χ2n) is 7.74. The Morgan fingerprint density at radius 3 is 2.66 bits per heavy atom. The average Bonchev–Trinajstić information content (AvgIpc) is 3.27. The number of nitrogens with two attached hydrogens (primary N) is 1. The molecular formula is C25H21F3N2O5. The number of hydrogen-bond acceptors (Lipinski definition) is 6. The lowest BCUT2D eigenvalue weighted by molar-refractivity contribution is -0.137. The Balaban J connectivity index is 1.79. The molecule has 0 radical (unpaired) electrons. The Morgan fingerprint density at radius 2 is 1.97 bits per heavy atom. The lowest BCUT2D eigenvalue weighted by Crippen LogP contribution is -2.06. The van der Waals surface area contributed by atoms with E-state index in [9.17, 15) is 23.1 Å². The molecule has 182 valence electrons. The normalized spacial score (nSPS) is 11.6. The molecule has 0 aliphatic carbocycles. The van der Waals surface area contributed by atoms with Crippen molar-refractivity contribution in [2.24, 2.45) is 5.73 Å². The lowest BCUT2D eigenvalue weighted by Gasteiger charge is -2.14. The second-order valence-corrected chi connectivity index (χ2v) is 7.74. The number of rotatable bonds is 8. The molecule has 4 aromatic rings. The van der Waals surface area contributed by atoms with Crippen molar-refractivity contribution in [1.29, 1.82) is 0 Å². The molecule has 2 aromatic heterocycles. The van der Waals surface area contributed by atoms with E-state index in [-0.39, 0.29) is 36.3 Å². The van der Waals surface area contributed by atoms with Crippen LogP contribution in [0.4, 0.5) is 13.2 Å². The van der Waals surface area contributed by atoms with Gasteiger partial charge in [0.15, 0.2) is 0 Å². The summed E-state index contributed by atoms with van der Waals surface area (Å²) >= 11 is 0. The number of carbonyl (C=O) groups is 1. The van der Waals surface area contributed by atoms with Gasteiger partial charge in [-0.3, -0.25) is 9.78 Å². The Bertz CT molecular complexity index is 1380. The minimum absolute atomic E-state index is 0.0724. The van der Waals surface area contributed by atoms with E-state index in [1.165, 1.54) is 25.4 Å². The van der Waals surface area contributed by atoms with Crippen molar-refractivity contribution in [2.75, 3.05) is 7.11 Å². The number of fused-ring (bicyclic) bond motifs is 1. The van der Waals surface area contributed by atoms with Crippen LogP contribution in [0, 0.1) is 0 Å². The SMILES string of the molecule is COc1ccc(CC(=O)O)c(OCc2cc(-c3ccnc(CN)c3)c3occ(C(F)(F)F)c3c2)c1. The monoisotopic (exact) mass is 486 g/mol. The first-order valence-electron chi connectivity index (χ1n) is 10.5. The maximum atomic E-state index is 13.7. The standard InChI is InChI=1S/C25H21F3N2O5/c1-33-18-3-2-16(9-23(31)32)22(10-18)34-12-14-6-19(15-4-5-30-17(8-15)11-29)24-20(7-14)21(13-35-24)25(26,27)28/h2-8,10,13H,9,11-12,29H2,1H3,(H,31,32).